The number of benzene rings is 1. The summed E-state index contributed by atoms with van der Waals surface area (Å²) < 4.78 is 5.45. The van der Waals surface area contributed by atoms with Crippen molar-refractivity contribution in [3.05, 3.63) is 29.8 Å². The van der Waals surface area contributed by atoms with Crippen LogP contribution in [0.5, 0.6) is 5.75 Å². The lowest BCUT2D eigenvalue weighted by atomic mass is 10.0. The Bertz CT molecular complexity index is 379. The van der Waals surface area contributed by atoms with E-state index in [-0.39, 0.29) is 11.8 Å². The Morgan fingerprint density at radius 1 is 1.50 bits per heavy atom. The van der Waals surface area contributed by atoms with Crippen LogP contribution >= 0.6 is 0 Å². The Morgan fingerprint density at radius 3 is 3.12 bits per heavy atom. The Balaban J connectivity index is 1.99. The summed E-state index contributed by atoms with van der Waals surface area (Å²) in [6, 6.07) is 7.67. The summed E-state index contributed by atoms with van der Waals surface area (Å²) in [7, 11) is 0. The van der Waals surface area contributed by atoms with Gasteiger partial charge in [-0.1, -0.05) is 18.2 Å². The maximum Gasteiger partial charge on any atom is 0.231 e. The molecule has 0 saturated heterocycles. The van der Waals surface area contributed by atoms with E-state index in [0.717, 1.165) is 17.7 Å². The number of amides is 1. The van der Waals surface area contributed by atoms with Gasteiger partial charge in [0.2, 0.25) is 5.91 Å². The lowest BCUT2D eigenvalue weighted by molar-refractivity contribution is -0.122. The highest BCUT2D eigenvalue weighted by Gasteiger charge is 2.29. The average Bonchev–Trinajstić information content (AvgIpc) is 2.73. The van der Waals surface area contributed by atoms with Crippen molar-refractivity contribution >= 4 is 5.91 Å². The first-order valence-electron chi connectivity index (χ1n) is 5.52. The molecule has 1 aromatic carbocycles. The molecule has 1 unspecified atom stereocenters. The normalized spacial score (nSPS) is 17.7. The van der Waals surface area contributed by atoms with Crippen LogP contribution in [-0.2, 0) is 4.79 Å². The van der Waals surface area contributed by atoms with Gasteiger partial charge in [-0.2, -0.15) is 0 Å². The first-order chi connectivity index (χ1) is 7.83. The maximum atomic E-state index is 11.9. The van der Waals surface area contributed by atoms with Crippen molar-refractivity contribution in [3.63, 3.8) is 0 Å². The molecule has 3 N–H and O–H groups in total. The number of ether oxygens (including phenoxy) is 1. The number of nitrogens with two attached hydrogens (primary N) is 1. The lowest BCUT2D eigenvalue weighted by Crippen LogP contribution is -2.31. The Morgan fingerprint density at radius 2 is 2.31 bits per heavy atom. The number of hydrogen-bond donors (Lipinski definition) is 2. The molecule has 2 rings (SSSR count). The largest absolute Gasteiger partial charge is 0.492 e. The fraction of sp³-hybridized carbons (Fsp3) is 0.417. The monoisotopic (exact) mass is 220 g/mol. The zero-order chi connectivity index (χ0) is 11.4. The van der Waals surface area contributed by atoms with Crippen molar-refractivity contribution in [1.82, 2.24) is 5.32 Å². The molecule has 0 fully saturated rings. The third-order valence-electron chi connectivity index (χ3n) is 2.70. The minimum absolute atomic E-state index is 0.0263. The second-order valence-electron chi connectivity index (χ2n) is 3.83. The molecule has 1 aromatic rings. The molecule has 1 atom stereocenters. The fourth-order valence-electron chi connectivity index (χ4n) is 1.82. The van der Waals surface area contributed by atoms with Gasteiger partial charge in [-0.05, 0) is 19.0 Å². The molecule has 4 nitrogen and oxygen atoms in total. The minimum Gasteiger partial charge on any atom is -0.492 e. The third-order valence-corrected chi connectivity index (χ3v) is 2.70. The summed E-state index contributed by atoms with van der Waals surface area (Å²) >= 11 is 0. The summed E-state index contributed by atoms with van der Waals surface area (Å²) in [4.78, 5) is 11.9. The predicted octanol–water partition coefficient (Wildman–Crippen LogP) is 0.628. The number of rotatable bonds is 4. The highest BCUT2D eigenvalue weighted by atomic mass is 16.5. The molecule has 1 heterocycles. The molecule has 0 aromatic heterocycles. The topological polar surface area (TPSA) is 64.3 Å². The van der Waals surface area contributed by atoms with Gasteiger partial charge < -0.3 is 15.8 Å². The van der Waals surface area contributed by atoms with E-state index in [1.54, 1.807) is 0 Å². The number of para-hydroxylation sites is 1. The van der Waals surface area contributed by atoms with Crippen LogP contribution in [0.4, 0.5) is 0 Å². The Hall–Kier alpha value is -1.55. The van der Waals surface area contributed by atoms with E-state index in [1.807, 2.05) is 24.3 Å². The Kier molecular flexibility index (Phi) is 3.41. The van der Waals surface area contributed by atoms with E-state index >= 15 is 0 Å². The highest BCUT2D eigenvalue weighted by Crippen LogP contribution is 2.33. The zero-order valence-electron chi connectivity index (χ0n) is 9.11. The summed E-state index contributed by atoms with van der Waals surface area (Å²) in [5.74, 6) is 0.675. The number of hydrogen-bond acceptors (Lipinski definition) is 3. The van der Waals surface area contributed by atoms with E-state index in [1.165, 1.54) is 0 Å². The highest BCUT2D eigenvalue weighted by molar-refractivity contribution is 5.85. The van der Waals surface area contributed by atoms with Crippen molar-refractivity contribution in [1.29, 1.82) is 0 Å². The summed E-state index contributed by atoms with van der Waals surface area (Å²) in [5, 5.41) is 2.87. The van der Waals surface area contributed by atoms with Crippen LogP contribution in [0.15, 0.2) is 24.3 Å². The van der Waals surface area contributed by atoms with Gasteiger partial charge in [-0.15, -0.1) is 0 Å². The van der Waals surface area contributed by atoms with Gasteiger partial charge in [0.1, 0.15) is 18.3 Å². The molecule has 0 radical (unpaired) electrons. The van der Waals surface area contributed by atoms with E-state index in [4.69, 9.17) is 10.5 Å². The van der Waals surface area contributed by atoms with Crippen LogP contribution in [0.1, 0.15) is 17.9 Å². The number of fused-ring (bicyclic) bond motifs is 1. The van der Waals surface area contributed by atoms with Crippen molar-refractivity contribution in [2.24, 2.45) is 5.73 Å². The van der Waals surface area contributed by atoms with Gasteiger partial charge in [0.05, 0.1) is 0 Å². The number of nitrogens with one attached hydrogen (secondary N) is 1. The fourth-order valence-corrected chi connectivity index (χ4v) is 1.82. The van der Waals surface area contributed by atoms with Gasteiger partial charge in [0.15, 0.2) is 0 Å². The van der Waals surface area contributed by atoms with Crippen molar-refractivity contribution in [2.75, 3.05) is 19.7 Å². The van der Waals surface area contributed by atoms with E-state index in [9.17, 15) is 4.79 Å². The number of carbonyl (C=O) groups excluding carboxylic acids is 1. The molecular weight excluding hydrogens is 204 g/mol. The SMILES string of the molecule is NCCCNC(=O)C1COc2ccccc21. The van der Waals surface area contributed by atoms with Gasteiger partial charge in [-0.3, -0.25) is 4.79 Å². The standard InChI is InChI=1S/C12H16N2O2/c13-6-3-7-14-12(15)10-8-16-11-5-2-1-4-9(10)11/h1-2,4-5,10H,3,6-8,13H2,(H,14,15). The predicted molar refractivity (Wildman–Crippen MR) is 61.4 cm³/mol. The van der Waals surface area contributed by atoms with Gasteiger partial charge in [-0.25, -0.2) is 0 Å². The summed E-state index contributed by atoms with van der Waals surface area (Å²) in [5.41, 5.74) is 6.35. The number of carbonyl (C=O) groups is 1. The van der Waals surface area contributed by atoms with Crippen LogP contribution in [0.25, 0.3) is 0 Å². The van der Waals surface area contributed by atoms with Gasteiger partial charge >= 0.3 is 0 Å². The minimum atomic E-state index is -0.172. The second kappa shape index (κ2) is 4.99. The van der Waals surface area contributed by atoms with Crippen molar-refractivity contribution in [3.8, 4) is 5.75 Å². The van der Waals surface area contributed by atoms with E-state index < -0.39 is 0 Å². The van der Waals surface area contributed by atoms with E-state index in [2.05, 4.69) is 5.32 Å². The molecule has 1 aliphatic heterocycles. The molecule has 4 heteroatoms. The van der Waals surface area contributed by atoms with Crippen LogP contribution in [-0.4, -0.2) is 25.6 Å². The van der Waals surface area contributed by atoms with Crippen LogP contribution in [0, 0.1) is 0 Å². The van der Waals surface area contributed by atoms with Crippen molar-refractivity contribution in [2.45, 2.75) is 12.3 Å². The lowest BCUT2D eigenvalue weighted by Gasteiger charge is -2.09. The molecule has 0 aliphatic carbocycles. The third kappa shape index (κ3) is 2.17. The zero-order valence-corrected chi connectivity index (χ0v) is 9.11. The molecule has 86 valence electrons. The first-order valence-corrected chi connectivity index (χ1v) is 5.52. The smallest absolute Gasteiger partial charge is 0.231 e. The van der Waals surface area contributed by atoms with E-state index in [0.29, 0.717) is 19.7 Å². The maximum absolute atomic E-state index is 11.9. The van der Waals surface area contributed by atoms with Gasteiger partial charge in [0.25, 0.3) is 0 Å². The van der Waals surface area contributed by atoms with Crippen LogP contribution in [0.3, 0.4) is 0 Å². The molecule has 1 aliphatic rings. The Labute approximate surface area is 94.8 Å². The van der Waals surface area contributed by atoms with Crippen molar-refractivity contribution < 1.29 is 9.53 Å². The second-order valence-corrected chi connectivity index (χ2v) is 3.83. The molecular formula is C12H16N2O2. The molecule has 0 spiro atoms. The van der Waals surface area contributed by atoms with Gasteiger partial charge in [0, 0.05) is 12.1 Å². The molecule has 0 saturated carbocycles. The molecule has 1 amide bonds. The van der Waals surface area contributed by atoms with Crippen LogP contribution in [0.2, 0.25) is 0 Å². The quantitative estimate of drug-likeness (QED) is 0.731. The molecule has 16 heavy (non-hydrogen) atoms. The molecule has 0 bridgehead atoms. The summed E-state index contributed by atoms with van der Waals surface area (Å²) in [6.07, 6.45) is 0.807. The average molecular weight is 220 g/mol. The van der Waals surface area contributed by atoms with Crippen LogP contribution < -0.4 is 15.8 Å². The first kappa shape index (κ1) is 11.0. The summed E-state index contributed by atoms with van der Waals surface area (Å²) in [6.45, 7) is 1.67.